The number of hydrogen-bond donors (Lipinski definition) is 2. The average Bonchev–Trinajstić information content (AvgIpc) is 2.46. The second kappa shape index (κ2) is 6.96. The van der Waals surface area contributed by atoms with E-state index in [-0.39, 0.29) is 5.91 Å². The van der Waals surface area contributed by atoms with E-state index in [0.717, 1.165) is 18.5 Å². The van der Waals surface area contributed by atoms with E-state index in [0.29, 0.717) is 17.1 Å². The van der Waals surface area contributed by atoms with Crippen LogP contribution >= 0.6 is 11.6 Å². The Morgan fingerprint density at radius 3 is 2.35 bits per heavy atom. The first-order valence-electron chi connectivity index (χ1n) is 6.53. The molecule has 4 heteroatoms. The maximum atomic E-state index is 11.8. The van der Waals surface area contributed by atoms with Gasteiger partial charge in [0.05, 0.1) is 0 Å². The van der Waals surface area contributed by atoms with Crippen LogP contribution in [0.15, 0.2) is 48.5 Å². The highest BCUT2D eigenvalue weighted by Gasteiger charge is 2.04. The Morgan fingerprint density at radius 2 is 1.70 bits per heavy atom. The lowest BCUT2D eigenvalue weighted by Gasteiger charge is -2.06. The molecule has 0 radical (unpaired) electrons. The maximum absolute atomic E-state index is 11.8. The summed E-state index contributed by atoms with van der Waals surface area (Å²) in [5.41, 5.74) is 8.25. The fraction of sp³-hybridized carbons (Fsp3) is 0.188. The number of anilines is 1. The molecular formula is C16H17ClN2O. The van der Waals surface area contributed by atoms with E-state index < -0.39 is 0 Å². The Balaban J connectivity index is 1.74. The van der Waals surface area contributed by atoms with Crippen LogP contribution in [-0.2, 0) is 6.42 Å². The number of aryl methyl sites for hydroxylation is 1. The summed E-state index contributed by atoms with van der Waals surface area (Å²) < 4.78 is 0. The predicted octanol–water partition coefficient (Wildman–Crippen LogP) is 3.28. The zero-order valence-corrected chi connectivity index (χ0v) is 11.9. The predicted molar refractivity (Wildman–Crippen MR) is 83.0 cm³/mol. The largest absolute Gasteiger partial charge is 0.399 e. The number of hydrogen-bond acceptors (Lipinski definition) is 2. The van der Waals surface area contributed by atoms with E-state index >= 15 is 0 Å². The number of rotatable bonds is 5. The van der Waals surface area contributed by atoms with Crippen LogP contribution in [0.3, 0.4) is 0 Å². The lowest BCUT2D eigenvalue weighted by molar-refractivity contribution is 0.0953. The van der Waals surface area contributed by atoms with Crippen LogP contribution < -0.4 is 11.1 Å². The van der Waals surface area contributed by atoms with Crippen LogP contribution in [0.5, 0.6) is 0 Å². The van der Waals surface area contributed by atoms with Gasteiger partial charge in [0.2, 0.25) is 0 Å². The molecule has 2 aromatic rings. The zero-order chi connectivity index (χ0) is 14.4. The van der Waals surface area contributed by atoms with E-state index in [1.807, 2.05) is 24.3 Å². The molecule has 3 nitrogen and oxygen atoms in total. The van der Waals surface area contributed by atoms with Gasteiger partial charge in [0.1, 0.15) is 0 Å². The Bertz CT molecular complexity index is 564. The Hall–Kier alpha value is -2.00. The number of amides is 1. The van der Waals surface area contributed by atoms with Crippen LogP contribution in [-0.4, -0.2) is 12.5 Å². The SMILES string of the molecule is Nc1ccc(CCCNC(=O)c2ccc(Cl)cc2)cc1. The van der Waals surface area contributed by atoms with Crippen molar-refractivity contribution in [2.24, 2.45) is 0 Å². The third kappa shape index (κ3) is 4.28. The van der Waals surface area contributed by atoms with Crippen molar-refractivity contribution < 1.29 is 4.79 Å². The first-order valence-corrected chi connectivity index (χ1v) is 6.91. The van der Waals surface area contributed by atoms with Gasteiger partial charge in [0, 0.05) is 22.8 Å². The molecule has 0 unspecified atom stereocenters. The second-order valence-electron chi connectivity index (χ2n) is 4.61. The summed E-state index contributed by atoms with van der Waals surface area (Å²) in [5, 5.41) is 3.52. The van der Waals surface area contributed by atoms with Crippen molar-refractivity contribution in [1.82, 2.24) is 5.32 Å². The van der Waals surface area contributed by atoms with Gasteiger partial charge < -0.3 is 11.1 Å². The van der Waals surface area contributed by atoms with Gasteiger partial charge in [-0.2, -0.15) is 0 Å². The number of nitrogens with one attached hydrogen (secondary N) is 1. The highest BCUT2D eigenvalue weighted by atomic mass is 35.5. The highest BCUT2D eigenvalue weighted by Crippen LogP contribution is 2.10. The number of benzene rings is 2. The van der Waals surface area contributed by atoms with Crippen molar-refractivity contribution in [1.29, 1.82) is 0 Å². The topological polar surface area (TPSA) is 55.1 Å². The Morgan fingerprint density at radius 1 is 1.05 bits per heavy atom. The molecule has 0 spiro atoms. The minimum Gasteiger partial charge on any atom is -0.399 e. The van der Waals surface area contributed by atoms with E-state index in [2.05, 4.69) is 5.32 Å². The smallest absolute Gasteiger partial charge is 0.251 e. The van der Waals surface area contributed by atoms with Crippen LogP contribution in [0.4, 0.5) is 5.69 Å². The van der Waals surface area contributed by atoms with Crippen LogP contribution in [0.2, 0.25) is 5.02 Å². The number of carbonyl (C=O) groups excluding carboxylic acids is 1. The summed E-state index contributed by atoms with van der Waals surface area (Å²) in [5.74, 6) is -0.0704. The van der Waals surface area contributed by atoms with E-state index in [4.69, 9.17) is 17.3 Å². The molecule has 0 bridgehead atoms. The minimum absolute atomic E-state index is 0.0704. The lowest BCUT2D eigenvalue weighted by Crippen LogP contribution is -2.24. The highest BCUT2D eigenvalue weighted by molar-refractivity contribution is 6.30. The monoisotopic (exact) mass is 288 g/mol. The summed E-state index contributed by atoms with van der Waals surface area (Å²) in [6.07, 6.45) is 1.81. The normalized spacial score (nSPS) is 10.2. The standard InChI is InChI=1S/C16H17ClN2O/c17-14-7-5-13(6-8-14)16(20)19-11-1-2-12-3-9-15(18)10-4-12/h3-10H,1-2,11,18H2,(H,19,20). The van der Waals surface area contributed by atoms with Crippen molar-refractivity contribution in [3.63, 3.8) is 0 Å². The van der Waals surface area contributed by atoms with E-state index in [1.165, 1.54) is 5.56 Å². The minimum atomic E-state index is -0.0704. The number of halogens is 1. The molecule has 0 fully saturated rings. The Labute approximate surface area is 123 Å². The molecule has 20 heavy (non-hydrogen) atoms. The molecule has 2 rings (SSSR count). The summed E-state index contributed by atoms with van der Waals surface area (Å²) >= 11 is 5.78. The second-order valence-corrected chi connectivity index (χ2v) is 5.04. The van der Waals surface area contributed by atoms with Crippen LogP contribution in [0.1, 0.15) is 22.3 Å². The molecule has 104 valence electrons. The molecule has 0 heterocycles. The van der Waals surface area contributed by atoms with Gasteiger partial charge in [-0.3, -0.25) is 4.79 Å². The summed E-state index contributed by atoms with van der Waals surface area (Å²) in [6.45, 7) is 0.645. The van der Waals surface area contributed by atoms with Gasteiger partial charge in [-0.25, -0.2) is 0 Å². The van der Waals surface area contributed by atoms with Gasteiger partial charge in [-0.15, -0.1) is 0 Å². The summed E-state index contributed by atoms with van der Waals surface area (Å²) in [7, 11) is 0. The third-order valence-electron chi connectivity index (χ3n) is 3.01. The number of nitrogens with two attached hydrogens (primary N) is 1. The molecule has 0 saturated heterocycles. The van der Waals surface area contributed by atoms with Crippen molar-refractivity contribution in [3.8, 4) is 0 Å². The molecule has 0 saturated carbocycles. The van der Waals surface area contributed by atoms with Crippen molar-refractivity contribution >= 4 is 23.2 Å². The molecule has 0 aliphatic heterocycles. The van der Waals surface area contributed by atoms with Gasteiger partial charge in [0.15, 0.2) is 0 Å². The van der Waals surface area contributed by atoms with Crippen molar-refractivity contribution in [2.45, 2.75) is 12.8 Å². The van der Waals surface area contributed by atoms with E-state index in [9.17, 15) is 4.79 Å². The molecule has 0 atom stereocenters. The molecule has 0 aromatic heterocycles. The Kier molecular flexibility index (Phi) is 5.02. The first kappa shape index (κ1) is 14.4. The fourth-order valence-corrected chi connectivity index (χ4v) is 2.01. The molecular weight excluding hydrogens is 272 g/mol. The van der Waals surface area contributed by atoms with Crippen molar-refractivity contribution in [2.75, 3.05) is 12.3 Å². The number of nitrogen functional groups attached to an aromatic ring is 1. The number of carbonyl (C=O) groups is 1. The van der Waals surface area contributed by atoms with E-state index in [1.54, 1.807) is 24.3 Å². The molecule has 0 aliphatic carbocycles. The first-order chi connectivity index (χ1) is 9.65. The van der Waals surface area contributed by atoms with Crippen LogP contribution in [0.25, 0.3) is 0 Å². The zero-order valence-electron chi connectivity index (χ0n) is 11.1. The van der Waals surface area contributed by atoms with Gasteiger partial charge >= 0.3 is 0 Å². The van der Waals surface area contributed by atoms with Crippen LogP contribution in [0, 0.1) is 0 Å². The summed E-state index contributed by atoms with van der Waals surface area (Å²) in [6, 6.07) is 14.7. The van der Waals surface area contributed by atoms with Gasteiger partial charge in [0.25, 0.3) is 5.91 Å². The lowest BCUT2D eigenvalue weighted by atomic mass is 10.1. The maximum Gasteiger partial charge on any atom is 0.251 e. The molecule has 0 aliphatic rings. The fourth-order valence-electron chi connectivity index (χ4n) is 1.88. The van der Waals surface area contributed by atoms with Crippen molar-refractivity contribution in [3.05, 3.63) is 64.7 Å². The van der Waals surface area contributed by atoms with Gasteiger partial charge in [-0.05, 0) is 54.8 Å². The average molecular weight is 289 g/mol. The van der Waals surface area contributed by atoms with Gasteiger partial charge in [-0.1, -0.05) is 23.7 Å². The molecule has 3 N–H and O–H groups in total. The molecule has 1 amide bonds. The molecule has 2 aromatic carbocycles. The third-order valence-corrected chi connectivity index (χ3v) is 3.27. The summed E-state index contributed by atoms with van der Waals surface area (Å²) in [4.78, 5) is 11.8. The quantitative estimate of drug-likeness (QED) is 0.655.